The van der Waals surface area contributed by atoms with E-state index in [9.17, 15) is 9.18 Å². The number of pyridine rings is 1. The maximum absolute atomic E-state index is 13.7. The van der Waals surface area contributed by atoms with Crippen LogP contribution >= 0.6 is 0 Å². The molecular formula is C17H25FN4O. The number of halogens is 1. The van der Waals surface area contributed by atoms with Crippen molar-refractivity contribution in [3.63, 3.8) is 0 Å². The lowest BCUT2D eigenvalue weighted by Gasteiger charge is -2.37. The molecule has 2 saturated heterocycles. The van der Waals surface area contributed by atoms with E-state index < -0.39 is 0 Å². The number of rotatable bonds is 4. The van der Waals surface area contributed by atoms with Gasteiger partial charge in [-0.25, -0.2) is 4.39 Å². The van der Waals surface area contributed by atoms with E-state index in [4.69, 9.17) is 0 Å². The molecule has 6 heteroatoms. The number of hydrogen-bond acceptors (Lipinski definition) is 4. The molecule has 3 heterocycles. The molecule has 1 unspecified atom stereocenters. The number of amides is 1. The van der Waals surface area contributed by atoms with Crippen LogP contribution in [0.15, 0.2) is 18.3 Å². The SMILES string of the molecule is CC(C)N1CCC(N2CCN(Cc3ncccc3F)CC2)C1=O. The summed E-state index contributed by atoms with van der Waals surface area (Å²) in [5.41, 5.74) is 0.504. The molecule has 2 aliphatic rings. The predicted molar refractivity (Wildman–Crippen MR) is 86.3 cm³/mol. The zero-order valence-electron chi connectivity index (χ0n) is 13.9. The van der Waals surface area contributed by atoms with Gasteiger partial charge in [0.15, 0.2) is 0 Å². The van der Waals surface area contributed by atoms with Crippen molar-refractivity contribution in [1.29, 1.82) is 0 Å². The van der Waals surface area contributed by atoms with Crippen molar-refractivity contribution in [2.24, 2.45) is 0 Å². The minimum Gasteiger partial charge on any atom is -0.339 e. The second-order valence-corrected chi connectivity index (χ2v) is 6.67. The second-order valence-electron chi connectivity index (χ2n) is 6.67. The molecule has 2 aliphatic heterocycles. The van der Waals surface area contributed by atoms with E-state index in [0.29, 0.717) is 12.2 Å². The first-order valence-electron chi connectivity index (χ1n) is 8.42. The Balaban J connectivity index is 1.53. The van der Waals surface area contributed by atoms with Crippen molar-refractivity contribution in [1.82, 2.24) is 19.7 Å². The quantitative estimate of drug-likeness (QED) is 0.839. The van der Waals surface area contributed by atoms with Crippen LogP contribution in [0, 0.1) is 5.82 Å². The van der Waals surface area contributed by atoms with Gasteiger partial charge in [0.05, 0.1) is 11.7 Å². The molecule has 2 fully saturated rings. The van der Waals surface area contributed by atoms with Crippen LogP contribution < -0.4 is 0 Å². The van der Waals surface area contributed by atoms with Gasteiger partial charge in [-0.1, -0.05) is 0 Å². The van der Waals surface area contributed by atoms with Gasteiger partial charge in [0.25, 0.3) is 0 Å². The maximum atomic E-state index is 13.7. The lowest BCUT2D eigenvalue weighted by Crippen LogP contribution is -2.52. The van der Waals surface area contributed by atoms with E-state index in [-0.39, 0.29) is 23.8 Å². The van der Waals surface area contributed by atoms with Crippen LogP contribution in [0.4, 0.5) is 4.39 Å². The molecule has 5 nitrogen and oxygen atoms in total. The summed E-state index contributed by atoms with van der Waals surface area (Å²) in [5.74, 6) is 0.0256. The van der Waals surface area contributed by atoms with Crippen molar-refractivity contribution in [3.05, 3.63) is 29.8 Å². The van der Waals surface area contributed by atoms with Gasteiger partial charge >= 0.3 is 0 Å². The summed E-state index contributed by atoms with van der Waals surface area (Å²) in [4.78, 5) is 23.1. The molecular weight excluding hydrogens is 295 g/mol. The molecule has 126 valence electrons. The van der Waals surface area contributed by atoms with Gasteiger partial charge in [-0.15, -0.1) is 0 Å². The van der Waals surface area contributed by atoms with Gasteiger partial charge in [-0.3, -0.25) is 19.6 Å². The molecule has 0 spiro atoms. The van der Waals surface area contributed by atoms with Gasteiger partial charge in [0.1, 0.15) is 5.82 Å². The van der Waals surface area contributed by atoms with Crippen molar-refractivity contribution in [2.75, 3.05) is 32.7 Å². The Hall–Kier alpha value is -1.53. The number of aromatic nitrogens is 1. The average molecular weight is 320 g/mol. The van der Waals surface area contributed by atoms with E-state index in [0.717, 1.165) is 39.1 Å². The van der Waals surface area contributed by atoms with Gasteiger partial charge in [0, 0.05) is 51.5 Å². The highest BCUT2D eigenvalue weighted by atomic mass is 19.1. The van der Waals surface area contributed by atoms with E-state index in [1.54, 1.807) is 12.3 Å². The zero-order valence-corrected chi connectivity index (χ0v) is 13.9. The monoisotopic (exact) mass is 320 g/mol. The lowest BCUT2D eigenvalue weighted by atomic mass is 10.1. The summed E-state index contributed by atoms with van der Waals surface area (Å²) in [5, 5.41) is 0. The number of nitrogens with zero attached hydrogens (tertiary/aromatic N) is 4. The Bertz CT molecular complexity index is 557. The zero-order chi connectivity index (χ0) is 16.4. The maximum Gasteiger partial charge on any atom is 0.240 e. The first-order valence-corrected chi connectivity index (χ1v) is 8.42. The Labute approximate surface area is 137 Å². The summed E-state index contributed by atoms with van der Waals surface area (Å²) in [6, 6.07) is 3.38. The Kier molecular flexibility index (Phi) is 4.92. The third kappa shape index (κ3) is 3.53. The van der Waals surface area contributed by atoms with Crippen LogP contribution in [0.5, 0.6) is 0 Å². The molecule has 0 aromatic carbocycles. The minimum atomic E-state index is -0.242. The number of carbonyl (C=O) groups is 1. The molecule has 0 saturated carbocycles. The smallest absolute Gasteiger partial charge is 0.240 e. The molecule has 23 heavy (non-hydrogen) atoms. The van der Waals surface area contributed by atoms with Crippen molar-refractivity contribution < 1.29 is 9.18 Å². The van der Waals surface area contributed by atoms with Crippen LogP contribution in [0.25, 0.3) is 0 Å². The molecule has 1 amide bonds. The lowest BCUT2D eigenvalue weighted by molar-refractivity contribution is -0.134. The summed E-state index contributed by atoms with van der Waals surface area (Å²) >= 11 is 0. The van der Waals surface area contributed by atoms with E-state index in [2.05, 4.69) is 28.6 Å². The van der Waals surface area contributed by atoms with Crippen LogP contribution in [0.1, 0.15) is 26.0 Å². The van der Waals surface area contributed by atoms with E-state index in [1.807, 2.05) is 4.90 Å². The normalized spacial score (nSPS) is 23.9. The van der Waals surface area contributed by atoms with E-state index in [1.165, 1.54) is 6.07 Å². The highest BCUT2D eigenvalue weighted by molar-refractivity contribution is 5.84. The van der Waals surface area contributed by atoms with Crippen molar-refractivity contribution >= 4 is 5.91 Å². The topological polar surface area (TPSA) is 39.7 Å². The molecule has 1 aromatic heterocycles. The molecule has 0 aliphatic carbocycles. The van der Waals surface area contributed by atoms with Crippen LogP contribution in [0.2, 0.25) is 0 Å². The fraction of sp³-hybridized carbons (Fsp3) is 0.647. The predicted octanol–water partition coefficient (Wildman–Crippen LogP) is 1.35. The molecule has 1 aromatic rings. The molecule has 0 N–H and O–H groups in total. The first kappa shape index (κ1) is 16.3. The summed E-state index contributed by atoms with van der Waals surface area (Å²) < 4.78 is 13.7. The van der Waals surface area contributed by atoms with Gasteiger partial charge in [-0.05, 0) is 32.4 Å². The number of hydrogen-bond donors (Lipinski definition) is 0. The first-order chi connectivity index (χ1) is 11.1. The van der Waals surface area contributed by atoms with Gasteiger partial charge < -0.3 is 4.90 Å². The van der Waals surface area contributed by atoms with Gasteiger partial charge in [-0.2, -0.15) is 0 Å². The number of likely N-dealkylation sites (tertiary alicyclic amines) is 1. The van der Waals surface area contributed by atoms with E-state index >= 15 is 0 Å². The Morgan fingerprint density at radius 3 is 2.61 bits per heavy atom. The molecule has 1 atom stereocenters. The van der Waals surface area contributed by atoms with Crippen LogP contribution in [0.3, 0.4) is 0 Å². The van der Waals surface area contributed by atoms with Gasteiger partial charge in [0.2, 0.25) is 5.91 Å². The standard InChI is InChI=1S/C17H25FN4O/c1-13(2)22-7-5-16(17(22)23)21-10-8-20(9-11-21)12-15-14(18)4-3-6-19-15/h3-4,6,13,16H,5,7-12H2,1-2H3. The highest BCUT2D eigenvalue weighted by Crippen LogP contribution is 2.21. The highest BCUT2D eigenvalue weighted by Gasteiger charge is 2.37. The number of piperazine rings is 1. The Morgan fingerprint density at radius 1 is 1.26 bits per heavy atom. The van der Waals surface area contributed by atoms with Crippen LogP contribution in [-0.4, -0.2) is 70.4 Å². The summed E-state index contributed by atoms with van der Waals surface area (Å²) in [7, 11) is 0. The summed E-state index contributed by atoms with van der Waals surface area (Å²) in [6.45, 7) is 8.95. The van der Waals surface area contributed by atoms with Crippen molar-refractivity contribution in [2.45, 2.75) is 38.9 Å². The third-order valence-corrected chi connectivity index (χ3v) is 4.89. The third-order valence-electron chi connectivity index (χ3n) is 4.89. The van der Waals surface area contributed by atoms with Crippen molar-refractivity contribution in [3.8, 4) is 0 Å². The molecule has 3 rings (SSSR count). The molecule has 0 radical (unpaired) electrons. The second kappa shape index (κ2) is 6.93. The minimum absolute atomic E-state index is 0.0335. The average Bonchev–Trinajstić information content (AvgIpc) is 2.92. The molecule has 0 bridgehead atoms. The Morgan fingerprint density at radius 2 is 2.00 bits per heavy atom. The fourth-order valence-corrected chi connectivity index (χ4v) is 3.52. The summed E-state index contributed by atoms with van der Waals surface area (Å²) in [6.07, 6.45) is 2.55. The number of carbonyl (C=O) groups excluding carboxylic acids is 1. The fourth-order valence-electron chi connectivity index (χ4n) is 3.52. The largest absolute Gasteiger partial charge is 0.339 e. The van der Waals surface area contributed by atoms with Crippen LogP contribution in [-0.2, 0) is 11.3 Å².